The van der Waals surface area contributed by atoms with Crippen LogP contribution in [-0.2, 0) is 0 Å². The van der Waals surface area contributed by atoms with E-state index in [9.17, 15) is 14.7 Å². The molecule has 5 nitrogen and oxygen atoms in total. The molecule has 1 aliphatic carbocycles. The molecule has 1 aromatic heterocycles. The number of nitrogens with one attached hydrogen (secondary N) is 1. The molecule has 0 saturated heterocycles. The largest absolute Gasteiger partial charge is 1.00 e. The van der Waals surface area contributed by atoms with Crippen molar-refractivity contribution >= 4 is 0 Å². The minimum absolute atomic E-state index is 0. The van der Waals surface area contributed by atoms with E-state index in [0.29, 0.717) is 0 Å². The minimum Gasteiger partial charge on any atom is -0.860 e. The van der Waals surface area contributed by atoms with Gasteiger partial charge in [0.05, 0.1) is 0 Å². The van der Waals surface area contributed by atoms with Gasteiger partial charge in [-0.1, -0.05) is 25.7 Å². The van der Waals surface area contributed by atoms with E-state index < -0.39 is 17.1 Å². The van der Waals surface area contributed by atoms with Gasteiger partial charge in [-0.25, -0.2) is 4.79 Å². The first-order valence-corrected chi connectivity index (χ1v) is 5.71. The Morgan fingerprint density at radius 3 is 2.29 bits per heavy atom. The summed E-state index contributed by atoms with van der Waals surface area (Å²) in [6.45, 7) is 0. The summed E-state index contributed by atoms with van der Waals surface area (Å²) < 4.78 is 1.20. The normalized spacial score (nSPS) is 17.2. The molecular weight excluding hydrogens is 247 g/mol. The van der Waals surface area contributed by atoms with Crippen molar-refractivity contribution in [3.8, 4) is 5.88 Å². The summed E-state index contributed by atoms with van der Waals surface area (Å²) in [5.74, 6) is -0.472. The summed E-state index contributed by atoms with van der Waals surface area (Å²) in [5.41, 5.74) is -1.18. The molecule has 0 amide bonds. The van der Waals surface area contributed by atoms with Crippen molar-refractivity contribution in [2.45, 2.75) is 44.6 Å². The average molecular weight is 262 g/mol. The van der Waals surface area contributed by atoms with Crippen molar-refractivity contribution in [2.24, 2.45) is 0 Å². The Morgan fingerprint density at radius 2 is 1.76 bits per heavy atom. The van der Waals surface area contributed by atoms with E-state index in [2.05, 4.69) is 4.98 Å². The van der Waals surface area contributed by atoms with Crippen molar-refractivity contribution in [2.75, 3.05) is 0 Å². The number of rotatable bonds is 1. The van der Waals surface area contributed by atoms with E-state index in [1.807, 2.05) is 0 Å². The summed E-state index contributed by atoms with van der Waals surface area (Å²) in [4.78, 5) is 24.7. The smallest absolute Gasteiger partial charge is 0.860 e. The van der Waals surface area contributed by atoms with E-state index in [1.165, 1.54) is 4.57 Å². The number of nitrogens with zero attached hydrogens (tertiary/aromatic N) is 1. The van der Waals surface area contributed by atoms with Gasteiger partial charge in [0.25, 0.3) is 5.56 Å². The number of hydrogen-bond acceptors (Lipinski definition) is 3. The SMILES string of the molecule is O=c1cc([O-])n(C2CCCCCC2)c(=O)[nH]1.[K+]. The third-order valence-corrected chi connectivity index (χ3v) is 3.13. The Bertz CT molecular complexity index is 472. The summed E-state index contributed by atoms with van der Waals surface area (Å²) in [7, 11) is 0. The minimum atomic E-state index is -0.611. The maximum Gasteiger partial charge on any atom is 1.00 e. The van der Waals surface area contributed by atoms with Crippen molar-refractivity contribution in [3.63, 3.8) is 0 Å². The number of hydrogen-bond donors (Lipinski definition) is 1. The van der Waals surface area contributed by atoms with Gasteiger partial charge in [0, 0.05) is 12.1 Å². The second-order valence-corrected chi connectivity index (χ2v) is 4.29. The molecule has 2 rings (SSSR count). The Balaban J connectivity index is 0.00000144. The van der Waals surface area contributed by atoms with Crippen LogP contribution in [0.4, 0.5) is 0 Å². The first kappa shape index (κ1) is 15.2. The molecule has 17 heavy (non-hydrogen) atoms. The number of aromatic nitrogens is 2. The molecule has 6 heteroatoms. The zero-order valence-electron chi connectivity index (χ0n) is 10.1. The molecule has 1 N–H and O–H groups in total. The van der Waals surface area contributed by atoms with Crippen molar-refractivity contribution in [3.05, 3.63) is 26.9 Å². The monoisotopic (exact) mass is 262 g/mol. The van der Waals surface area contributed by atoms with Crippen LogP contribution in [0, 0.1) is 0 Å². The van der Waals surface area contributed by atoms with Gasteiger partial charge >= 0.3 is 57.1 Å². The topological polar surface area (TPSA) is 77.9 Å². The van der Waals surface area contributed by atoms with Crippen LogP contribution in [0.2, 0.25) is 0 Å². The van der Waals surface area contributed by atoms with E-state index in [1.54, 1.807) is 0 Å². The number of aromatic amines is 1. The van der Waals surface area contributed by atoms with Gasteiger partial charge in [0.2, 0.25) is 0 Å². The molecule has 88 valence electrons. The van der Waals surface area contributed by atoms with Crippen LogP contribution in [0.25, 0.3) is 0 Å². The van der Waals surface area contributed by atoms with Crippen LogP contribution in [0.5, 0.6) is 5.88 Å². The predicted molar refractivity (Wildman–Crippen MR) is 57.5 cm³/mol. The van der Waals surface area contributed by atoms with Crippen LogP contribution >= 0.6 is 0 Å². The molecule has 0 aromatic carbocycles. The third kappa shape index (κ3) is 3.79. The molecule has 1 aliphatic rings. The first-order valence-electron chi connectivity index (χ1n) is 5.71. The molecule has 0 aliphatic heterocycles. The molecule has 0 atom stereocenters. The maximum atomic E-state index is 11.6. The van der Waals surface area contributed by atoms with Crippen LogP contribution in [0.15, 0.2) is 15.7 Å². The fourth-order valence-electron chi connectivity index (χ4n) is 2.35. The summed E-state index contributed by atoms with van der Waals surface area (Å²) in [6, 6.07) is 0.908. The molecule has 1 aromatic rings. The summed E-state index contributed by atoms with van der Waals surface area (Å²) in [5, 5.41) is 11.6. The molecule has 0 spiro atoms. The third-order valence-electron chi connectivity index (χ3n) is 3.13. The van der Waals surface area contributed by atoms with E-state index >= 15 is 0 Å². The zero-order valence-corrected chi connectivity index (χ0v) is 13.2. The fraction of sp³-hybridized carbons (Fsp3) is 0.636. The molecule has 0 bridgehead atoms. The van der Waals surface area contributed by atoms with Gasteiger partial charge in [-0.2, -0.15) is 0 Å². The standard InChI is InChI=1S/C11H16N2O3.K/c14-9-7-10(15)13(11(16)12-9)8-5-3-1-2-4-6-8;/h7-8,15H,1-6H2,(H,12,14,16);/q;+1/p-1. The Morgan fingerprint density at radius 1 is 1.18 bits per heavy atom. The van der Waals surface area contributed by atoms with Gasteiger partial charge in [-0.05, 0) is 18.7 Å². The van der Waals surface area contributed by atoms with E-state index in [4.69, 9.17) is 0 Å². The van der Waals surface area contributed by atoms with Gasteiger partial charge in [-0.15, -0.1) is 0 Å². The van der Waals surface area contributed by atoms with Crippen molar-refractivity contribution in [1.82, 2.24) is 9.55 Å². The summed E-state index contributed by atoms with van der Waals surface area (Å²) in [6.07, 6.45) is 6.08. The summed E-state index contributed by atoms with van der Waals surface area (Å²) >= 11 is 0. The van der Waals surface area contributed by atoms with Crippen LogP contribution < -0.4 is 67.7 Å². The molecule has 0 unspecified atom stereocenters. The number of H-pyrrole nitrogens is 1. The van der Waals surface area contributed by atoms with Gasteiger partial charge in [0.1, 0.15) is 0 Å². The Hall–Kier alpha value is 0.116. The second kappa shape index (κ2) is 6.89. The van der Waals surface area contributed by atoms with Crippen LogP contribution in [-0.4, -0.2) is 9.55 Å². The maximum absolute atomic E-state index is 11.6. The second-order valence-electron chi connectivity index (χ2n) is 4.29. The first-order chi connectivity index (χ1) is 7.68. The molecule has 1 fully saturated rings. The molecule has 1 saturated carbocycles. The van der Waals surface area contributed by atoms with Gasteiger partial charge in [0.15, 0.2) is 0 Å². The van der Waals surface area contributed by atoms with Gasteiger partial charge in [-0.3, -0.25) is 9.78 Å². The van der Waals surface area contributed by atoms with E-state index in [-0.39, 0.29) is 57.4 Å². The Kier molecular flexibility index (Phi) is 6.15. The van der Waals surface area contributed by atoms with Gasteiger partial charge < -0.3 is 9.67 Å². The van der Waals surface area contributed by atoms with Crippen LogP contribution in [0.1, 0.15) is 44.6 Å². The molecule has 1 heterocycles. The fourth-order valence-corrected chi connectivity index (χ4v) is 2.35. The van der Waals surface area contributed by atoms with Crippen molar-refractivity contribution in [1.29, 1.82) is 0 Å². The zero-order chi connectivity index (χ0) is 11.5. The average Bonchev–Trinajstić information content (AvgIpc) is 2.44. The molecule has 0 radical (unpaired) electrons. The van der Waals surface area contributed by atoms with Crippen LogP contribution in [0.3, 0.4) is 0 Å². The molecular formula is C11H15KN2O3. The predicted octanol–water partition coefficient (Wildman–Crippen LogP) is -2.49. The van der Waals surface area contributed by atoms with Crippen molar-refractivity contribution < 1.29 is 56.5 Å². The van der Waals surface area contributed by atoms with E-state index in [0.717, 1.165) is 44.6 Å². The Labute approximate surface area is 142 Å². The quantitative estimate of drug-likeness (QED) is 0.449.